The lowest BCUT2D eigenvalue weighted by molar-refractivity contribution is -0.302. The number of carbonyl (C=O) groups excluding carboxylic acids is 1. The summed E-state index contributed by atoms with van der Waals surface area (Å²) in [4.78, 5) is 12.3. The number of ether oxygens (including phenoxy) is 2. The molecule has 0 bridgehead atoms. The summed E-state index contributed by atoms with van der Waals surface area (Å²) in [7, 11) is 0. The number of aliphatic hydroxyl groups is 5. The lowest BCUT2D eigenvalue weighted by Gasteiger charge is -2.40. The van der Waals surface area contributed by atoms with Gasteiger partial charge in [-0.05, 0) is 12.8 Å². The first-order valence-corrected chi connectivity index (χ1v) is 21.7. The molecule has 1 aliphatic rings. The summed E-state index contributed by atoms with van der Waals surface area (Å²) < 4.78 is 11.0. The first-order valence-electron chi connectivity index (χ1n) is 21.7. The van der Waals surface area contributed by atoms with Crippen molar-refractivity contribution in [3.8, 4) is 0 Å². The molecule has 0 aliphatic carbocycles. The van der Waals surface area contributed by atoms with E-state index in [2.05, 4.69) is 12.2 Å². The third-order valence-electron chi connectivity index (χ3n) is 10.7. The maximum atomic E-state index is 12.3. The van der Waals surface area contributed by atoms with Gasteiger partial charge >= 0.3 is 0 Å². The van der Waals surface area contributed by atoms with Crippen LogP contribution in [0.4, 0.5) is 0 Å². The quantitative estimate of drug-likeness (QED) is 0.0353. The molecule has 1 amide bonds. The van der Waals surface area contributed by atoms with Gasteiger partial charge in [-0.2, -0.15) is 0 Å². The number of unbranched alkanes of at least 4 members (excludes halogenated alkanes) is 26. The molecule has 7 unspecified atom stereocenters. The molecular formula is C42H83NO8. The molecule has 0 aromatic carbocycles. The predicted octanol–water partition coefficient (Wildman–Crippen LogP) is 8.39. The molecule has 1 heterocycles. The first kappa shape index (κ1) is 48.2. The summed E-state index contributed by atoms with van der Waals surface area (Å²) in [5.41, 5.74) is 0. The van der Waals surface area contributed by atoms with Crippen LogP contribution < -0.4 is 5.32 Å². The van der Waals surface area contributed by atoms with E-state index in [-0.39, 0.29) is 12.5 Å². The number of rotatable bonds is 36. The standard InChI is InChI=1S/C42H83NO8/c1-3-5-6-7-8-9-10-11-12-13-14-15-16-17-18-19-20-21-22-23-24-25-26-27-28-29-30-32-36(45)35(43-38(46)31-4-2)34-50-42-41(49)40(48)39(47)37(33-44)51-42/h35-37,39-42,44-45,47-49H,3-34H2,1-2H3,(H,43,46). The zero-order valence-electron chi connectivity index (χ0n) is 33.1. The monoisotopic (exact) mass is 730 g/mol. The van der Waals surface area contributed by atoms with E-state index < -0.39 is 49.5 Å². The zero-order valence-corrected chi connectivity index (χ0v) is 33.1. The predicted molar refractivity (Wildman–Crippen MR) is 208 cm³/mol. The van der Waals surface area contributed by atoms with E-state index in [0.29, 0.717) is 19.3 Å². The van der Waals surface area contributed by atoms with E-state index in [1.165, 1.54) is 154 Å². The molecule has 1 rings (SSSR count). The highest BCUT2D eigenvalue weighted by molar-refractivity contribution is 5.76. The fourth-order valence-electron chi connectivity index (χ4n) is 7.21. The minimum absolute atomic E-state index is 0.140. The molecule has 0 saturated carbocycles. The van der Waals surface area contributed by atoms with Gasteiger partial charge in [0.1, 0.15) is 24.4 Å². The Morgan fingerprint density at radius 3 is 1.35 bits per heavy atom. The van der Waals surface area contributed by atoms with Crippen LogP contribution in [0, 0.1) is 0 Å². The van der Waals surface area contributed by atoms with E-state index in [0.717, 1.165) is 19.3 Å². The van der Waals surface area contributed by atoms with E-state index in [4.69, 9.17) is 9.47 Å². The van der Waals surface area contributed by atoms with Crippen molar-refractivity contribution in [2.75, 3.05) is 13.2 Å². The summed E-state index contributed by atoms with van der Waals surface area (Å²) in [6, 6.07) is -0.708. The summed E-state index contributed by atoms with van der Waals surface area (Å²) >= 11 is 0. The van der Waals surface area contributed by atoms with E-state index in [1.807, 2.05) is 6.92 Å². The molecule has 9 heteroatoms. The molecule has 51 heavy (non-hydrogen) atoms. The van der Waals surface area contributed by atoms with Crippen LogP contribution in [0.1, 0.15) is 206 Å². The van der Waals surface area contributed by atoms with Gasteiger partial charge in [-0.15, -0.1) is 0 Å². The molecule has 1 aliphatic heterocycles. The van der Waals surface area contributed by atoms with Crippen molar-refractivity contribution in [1.82, 2.24) is 5.32 Å². The van der Waals surface area contributed by atoms with Gasteiger partial charge in [0.05, 0.1) is 25.4 Å². The summed E-state index contributed by atoms with van der Waals surface area (Å²) in [6.45, 7) is 3.50. The molecule has 0 radical (unpaired) electrons. The molecule has 7 atom stereocenters. The third kappa shape index (κ3) is 25.0. The number of hydrogen-bond donors (Lipinski definition) is 6. The minimum Gasteiger partial charge on any atom is -0.394 e. The number of carbonyl (C=O) groups is 1. The normalized spacial score (nSPS) is 21.9. The summed E-state index contributed by atoms with van der Waals surface area (Å²) in [5, 5.41) is 53.4. The van der Waals surface area contributed by atoms with Gasteiger partial charge in [-0.3, -0.25) is 4.79 Å². The van der Waals surface area contributed by atoms with Crippen molar-refractivity contribution in [2.45, 2.75) is 249 Å². The molecule has 9 nitrogen and oxygen atoms in total. The first-order chi connectivity index (χ1) is 24.8. The highest BCUT2D eigenvalue weighted by Gasteiger charge is 2.44. The van der Waals surface area contributed by atoms with E-state index in [9.17, 15) is 30.3 Å². The Kier molecular flexibility index (Phi) is 31.9. The van der Waals surface area contributed by atoms with Gasteiger partial charge in [0.15, 0.2) is 6.29 Å². The second kappa shape index (κ2) is 33.7. The smallest absolute Gasteiger partial charge is 0.220 e. The lowest BCUT2D eigenvalue weighted by atomic mass is 9.99. The van der Waals surface area contributed by atoms with Crippen LogP contribution in [-0.4, -0.2) is 87.5 Å². The minimum atomic E-state index is -1.54. The topological polar surface area (TPSA) is 149 Å². The van der Waals surface area contributed by atoms with Gasteiger partial charge in [-0.1, -0.05) is 187 Å². The largest absolute Gasteiger partial charge is 0.394 e. The molecular weight excluding hydrogens is 646 g/mol. The number of aliphatic hydroxyl groups excluding tert-OH is 5. The van der Waals surface area contributed by atoms with Crippen molar-refractivity contribution in [3.63, 3.8) is 0 Å². The Bertz CT molecular complexity index is 771. The van der Waals surface area contributed by atoms with Crippen LogP contribution in [0.25, 0.3) is 0 Å². The summed E-state index contributed by atoms with van der Waals surface area (Å²) in [6.07, 6.45) is 30.2. The zero-order chi connectivity index (χ0) is 37.4. The van der Waals surface area contributed by atoms with Crippen molar-refractivity contribution in [3.05, 3.63) is 0 Å². The van der Waals surface area contributed by atoms with Crippen molar-refractivity contribution in [2.24, 2.45) is 0 Å². The molecule has 6 N–H and O–H groups in total. The number of nitrogens with one attached hydrogen (secondary N) is 1. The second-order valence-electron chi connectivity index (χ2n) is 15.5. The Balaban J connectivity index is 1.99. The van der Waals surface area contributed by atoms with Crippen LogP contribution in [0.3, 0.4) is 0 Å². The highest BCUT2D eigenvalue weighted by Crippen LogP contribution is 2.23. The average Bonchev–Trinajstić information content (AvgIpc) is 3.12. The van der Waals surface area contributed by atoms with Crippen LogP contribution >= 0.6 is 0 Å². The van der Waals surface area contributed by atoms with Crippen LogP contribution in [0.2, 0.25) is 0 Å². The van der Waals surface area contributed by atoms with Crippen LogP contribution in [0.15, 0.2) is 0 Å². The maximum Gasteiger partial charge on any atom is 0.220 e. The third-order valence-corrected chi connectivity index (χ3v) is 10.7. The Morgan fingerprint density at radius 1 is 0.588 bits per heavy atom. The van der Waals surface area contributed by atoms with Crippen LogP contribution in [-0.2, 0) is 14.3 Å². The maximum absolute atomic E-state index is 12.3. The SMILES string of the molecule is CCCCCCCCCCCCCCCCCCCCCCCCCCCCCC(O)C(COC1OC(CO)C(O)C(O)C1O)NC(=O)CCC. The van der Waals surface area contributed by atoms with Gasteiger partial charge in [0.2, 0.25) is 5.91 Å². The van der Waals surface area contributed by atoms with Gasteiger partial charge in [0, 0.05) is 6.42 Å². The van der Waals surface area contributed by atoms with E-state index in [1.54, 1.807) is 0 Å². The van der Waals surface area contributed by atoms with Gasteiger partial charge in [-0.25, -0.2) is 0 Å². The van der Waals surface area contributed by atoms with Crippen molar-refractivity contribution in [1.29, 1.82) is 0 Å². The Hall–Kier alpha value is -0.810. The van der Waals surface area contributed by atoms with Crippen LogP contribution in [0.5, 0.6) is 0 Å². The second-order valence-corrected chi connectivity index (χ2v) is 15.5. The van der Waals surface area contributed by atoms with Crippen molar-refractivity contribution < 1.29 is 39.8 Å². The number of hydrogen-bond acceptors (Lipinski definition) is 8. The van der Waals surface area contributed by atoms with Gasteiger partial charge in [0.25, 0.3) is 0 Å². The summed E-state index contributed by atoms with van der Waals surface area (Å²) in [5.74, 6) is -0.195. The molecule has 0 spiro atoms. The Morgan fingerprint density at radius 2 is 0.980 bits per heavy atom. The molecule has 1 fully saturated rings. The van der Waals surface area contributed by atoms with E-state index >= 15 is 0 Å². The fourth-order valence-corrected chi connectivity index (χ4v) is 7.21. The van der Waals surface area contributed by atoms with Crippen molar-refractivity contribution >= 4 is 5.91 Å². The molecule has 1 saturated heterocycles. The highest BCUT2D eigenvalue weighted by atomic mass is 16.7. The fraction of sp³-hybridized carbons (Fsp3) is 0.976. The number of amides is 1. The Labute approximate surface area is 313 Å². The molecule has 0 aromatic rings. The van der Waals surface area contributed by atoms with Gasteiger partial charge < -0.3 is 40.3 Å². The molecule has 0 aromatic heterocycles. The lowest BCUT2D eigenvalue weighted by Crippen LogP contribution is -2.60. The average molecular weight is 730 g/mol. The molecule has 304 valence electrons.